The van der Waals surface area contributed by atoms with Crippen LogP contribution < -0.4 is 11.2 Å². The van der Waals surface area contributed by atoms with Crippen molar-refractivity contribution >= 4 is 22.9 Å². The van der Waals surface area contributed by atoms with Gasteiger partial charge in [0.25, 0.3) is 0 Å². The van der Waals surface area contributed by atoms with Crippen LogP contribution >= 0.6 is 12.2 Å². The zero-order valence-corrected chi connectivity index (χ0v) is 9.67. The Bertz CT molecular complexity index is 379. The van der Waals surface area contributed by atoms with Gasteiger partial charge < -0.3 is 15.9 Å². The van der Waals surface area contributed by atoms with Crippen molar-refractivity contribution in [2.24, 2.45) is 5.73 Å². The number of anilines is 1. The van der Waals surface area contributed by atoms with Crippen molar-refractivity contribution in [1.82, 2.24) is 9.99 Å². The van der Waals surface area contributed by atoms with Gasteiger partial charge >= 0.3 is 0 Å². The fourth-order valence-corrected chi connectivity index (χ4v) is 1.70. The number of ether oxygens (including phenoxy) is 1. The van der Waals surface area contributed by atoms with Crippen LogP contribution in [-0.2, 0) is 4.74 Å². The molecule has 0 amide bonds. The molecule has 0 spiro atoms. The molecule has 1 aromatic heterocycles. The Balaban J connectivity index is 2.10. The Morgan fingerprint density at radius 1 is 1.50 bits per heavy atom. The normalized spacial score (nSPS) is 17.0. The average molecular weight is 238 g/mol. The number of rotatable bonds is 3. The average Bonchev–Trinajstić information content (AvgIpc) is 2.31. The number of hydrogen-bond donors (Lipinski definition) is 2. The lowest BCUT2D eigenvalue weighted by Gasteiger charge is -2.28. The molecule has 1 aromatic rings. The van der Waals surface area contributed by atoms with Crippen molar-refractivity contribution < 1.29 is 4.74 Å². The van der Waals surface area contributed by atoms with Gasteiger partial charge in [0.2, 0.25) is 0 Å². The fourth-order valence-electron chi connectivity index (χ4n) is 1.54. The van der Waals surface area contributed by atoms with E-state index in [2.05, 4.69) is 15.4 Å². The van der Waals surface area contributed by atoms with E-state index < -0.39 is 0 Å². The van der Waals surface area contributed by atoms with Crippen LogP contribution in [0.1, 0.15) is 5.69 Å². The van der Waals surface area contributed by atoms with Crippen LogP contribution in [0, 0.1) is 0 Å². The number of nitrogens with zero attached hydrogens (tertiary/aromatic N) is 2. The molecule has 0 unspecified atom stereocenters. The minimum absolute atomic E-state index is 0.302. The molecule has 0 aromatic carbocycles. The Morgan fingerprint density at radius 3 is 2.94 bits per heavy atom. The number of nitrogens with one attached hydrogen (secondary N) is 1. The van der Waals surface area contributed by atoms with Crippen molar-refractivity contribution in [2.75, 3.05) is 31.7 Å². The quantitative estimate of drug-likeness (QED) is 0.742. The first-order valence-electron chi connectivity index (χ1n) is 5.11. The molecule has 1 aliphatic heterocycles. The van der Waals surface area contributed by atoms with E-state index in [1.54, 1.807) is 6.20 Å². The van der Waals surface area contributed by atoms with Gasteiger partial charge in [0.05, 0.1) is 18.9 Å². The van der Waals surface area contributed by atoms with E-state index in [1.165, 1.54) is 0 Å². The van der Waals surface area contributed by atoms with Crippen molar-refractivity contribution in [1.29, 1.82) is 0 Å². The van der Waals surface area contributed by atoms with Gasteiger partial charge in [-0.3, -0.25) is 4.98 Å². The van der Waals surface area contributed by atoms with Crippen molar-refractivity contribution in [3.63, 3.8) is 0 Å². The fraction of sp³-hybridized carbons (Fsp3) is 0.400. The molecule has 6 heteroatoms. The molecule has 0 radical (unpaired) electrons. The van der Waals surface area contributed by atoms with Crippen LogP contribution in [0.25, 0.3) is 0 Å². The number of morpholine rings is 1. The Morgan fingerprint density at radius 2 is 2.25 bits per heavy atom. The molecule has 1 fully saturated rings. The summed E-state index contributed by atoms with van der Waals surface area (Å²) in [5, 5.41) is 2.07. The highest BCUT2D eigenvalue weighted by atomic mass is 32.1. The molecule has 5 nitrogen and oxygen atoms in total. The van der Waals surface area contributed by atoms with E-state index >= 15 is 0 Å². The highest BCUT2D eigenvalue weighted by molar-refractivity contribution is 7.80. The molecule has 0 saturated carbocycles. The lowest BCUT2D eigenvalue weighted by Crippen LogP contribution is -2.40. The Hall–Kier alpha value is -1.24. The summed E-state index contributed by atoms with van der Waals surface area (Å²) in [6.07, 6.45) is 1.68. The Labute approximate surface area is 99.6 Å². The van der Waals surface area contributed by atoms with Gasteiger partial charge in [0.15, 0.2) is 0 Å². The first kappa shape index (κ1) is 11.3. The molecule has 2 rings (SSSR count). The molecule has 16 heavy (non-hydrogen) atoms. The molecular weight excluding hydrogens is 224 g/mol. The SMILES string of the molecule is NC(=S)c1ncccc1NN1CCOCC1. The number of hydrogen-bond acceptors (Lipinski definition) is 5. The van der Waals surface area contributed by atoms with Gasteiger partial charge in [-0.1, -0.05) is 12.2 Å². The first-order valence-corrected chi connectivity index (χ1v) is 5.52. The van der Waals surface area contributed by atoms with Gasteiger partial charge in [-0.05, 0) is 12.1 Å². The lowest BCUT2D eigenvalue weighted by molar-refractivity contribution is 0.0497. The third-order valence-electron chi connectivity index (χ3n) is 2.33. The number of nitrogens with two attached hydrogens (primary N) is 1. The summed E-state index contributed by atoms with van der Waals surface area (Å²) >= 11 is 4.95. The lowest BCUT2D eigenvalue weighted by atomic mass is 10.3. The van der Waals surface area contributed by atoms with Crippen LogP contribution in [-0.4, -0.2) is 41.3 Å². The highest BCUT2D eigenvalue weighted by Gasteiger charge is 2.12. The van der Waals surface area contributed by atoms with Gasteiger partial charge in [-0.25, -0.2) is 5.01 Å². The smallest absolute Gasteiger partial charge is 0.124 e. The molecule has 0 bridgehead atoms. The zero-order chi connectivity index (χ0) is 11.4. The summed E-state index contributed by atoms with van der Waals surface area (Å²) < 4.78 is 5.27. The maximum Gasteiger partial charge on any atom is 0.124 e. The van der Waals surface area contributed by atoms with E-state index in [9.17, 15) is 0 Å². The van der Waals surface area contributed by atoms with E-state index in [1.807, 2.05) is 12.1 Å². The number of aromatic nitrogens is 1. The minimum Gasteiger partial charge on any atom is -0.388 e. The summed E-state index contributed by atoms with van der Waals surface area (Å²) in [6, 6.07) is 3.77. The maximum absolute atomic E-state index is 5.61. The van der Waals surface area contributed by atoms with Gasteiger partial charge in [-0.2, -0.15) is 0 Å². The summed E-state index contributed by atoms with van der Waals surface area (Å²) in [7, 11) is 0. The van der Waals surface area contributed by atoms with Gasteiger partial charge in [0, 0.05) is 19.3 Å². The third kappa shape index (κ3) is 2.66. The molecule has 86 valence electrons. The summed E-state index contributed by atoms with van der Waals surface area (Å²) in [5.41, 5.74) is 10.3. The van der Waals surface area contributed by atoms with Crippen molar-refractivity contribution in [2.45, 2.75) is 0 Å². The molecule has 0 aliphatic carbocycles. The van der Waals surface area contributed by atoms with E-state index in [4.69, 9.17) is 22.7 Å². The summed E-state index contributed by atoms with van der Waals surface area (Å²) in [4.78, 5) is 4.46. The second-order valence-electron chi connectivity index (χ2n) is 3.48. The van der Waals surface area contributed by atoms with Crippen LogP contribution in [0.2, 0.25) is 0 Å². The largest absolute Gasteiger partial charge is 0.388 e. The minimum atomic E-state index is 0.302. The molecular formula is C10H14N4OS. The maximum atomic E-state index is 5.61. The van der Waals surface area contributed by atoms with Crippen LogP contribution in [0.3, 0.4) is 0 Å². The standard InChI is InChI=1S/C10H14N4OS/c11-10(16)9-8(2-1-3-12-9)13-14-4-6-15-7-5-14/h1-3,13H,4-7H2,(H2,11,16). The van der Waals surface area contributed by atoms with Crippen LogP contribution in [0.15, 0.2) is 18.3 Å². The van der Waals surface area contributed by atoms with Crippen LogP contribution in [0.4, 0.5) is 5.69 Å². The Kier molecular flexibility index (Phi) is 3.66. The molecule has 3 N–H and O–H groups in total. The number of pyridine rings is 1. The topological polar surface area (TPSA) is 63.4 Å². The van der Waals surface area contributed by atoms with Crippen molar-refractivity contribution in [3.8, 4) is 0 Å². The van der Waals surface area contributed by atoms with E-state index in [0.29, 0.717) is 10.7 Å². The second kappa shape index (κ2) is 5.20. The predicted octanol–water partition coefficient (Wildman–Crippen LogP) is 0.375. The number of hydrazine groups is 1. The first-order chi connectivity index (χ1) is 7.77. The zero-order valence-electron chi connectivity index (χ0n) is 8.85. The molecule has 1 saturated heterocycles. The molecule has 1 aliphatic rings. The summed E-state index contributed by atoms with van der Waals surface area (Å²) in [6.45, 7) is 3.14. The third-order valence-corrected chi connectivity index (χ3v) is 2.52. The predicted molar refractivity (Wildman–Crippen MR) is 66.1 cm³/mol. The highest BCUT2D eigenvalue weighted by Crippen LogP contribution is 2.13. The molecule has 0 atom stereocenters. The molecule has 2 heterocycles. The van der Waals surface area contributed by atoms with Crippen molar-refractivity contribution in [3.05, 3.63) is 24.0 Å². The van der Waals surface area contributed by atoms with E-state index in [-0.39, 0.29) is 0 Å². The van der Waals surface area contributed by atoms with Crippen LogP contribution in [0.5, 0.6) is 0 Å². The number of thiocarbonyl (C=S) groups is 1. The second-order valence-corrected chi connectivity index (χ2v) is 3.91. The van der Waals surface area contributed by atoms with Gasteiger partial charge in [0.1, 0.15) is 10.7 Å². The monoisotopic (exact) mass is 238 g/mol. The summed E-state index contributed by atoms with van der Waals surface area (Å²) in [5.74, 6) is 0. The van der Waals surface area contributed by atoms with E-state index in [0.717, 1.165) is 32.0 Å². The van der Waals surface area contributed by atoms with Gasteiger partial charge in [-0.15, -0.1) is 0 Å².